The van der Waals surface area contributed by atoms with Gasteiger partial charge >= 0.3 is 0 Å². The minimum atomic E-state index is 0.689. The normalized spacial score (nSPS) is 10.9. The second-order valence-electron chi connectivity index (χ2n) is 5.20. The van der Waals surface area contributed by atoms with Crippen LogP contribution in [-0.2, 0) is 6.42 Å². The van der Waals surface area contributed by atoms with Crippen molar-refractivity contribution in [2.24, 2.45) is 0 Å². The molecule has 0 amide bonds. The molecule has 0 saturated heterocycles. The highest BCUT2D eigenvalue weighted by atomic mass is 16.5. The predicted octanol–water partition coefficient (Wildman–Crippen LogP) is 3.04. The summed E-state index contributed by atoms with van der Waals surface area (Å²) in [5.74, 6) is 0.900. The molecule has 1 aromatic carbocycles. The van der Waals surface area contributed by atoms with Crippen molar-refractivity contribution >= 4 is 0 Å². The Hall–Kier alpha value is -1.81. The molecule has 0 saturated carbocycles. The van der Waals surface area contributed by atoms with Gasteiger partial charge in [-0.15, -0.1) is 0 Å². The average Bonchev–Trinajstić information content (AvgIpc) is 2.76. The minimum Gasteiger partial charge on any atom is -0.494 e. The third-order valence-corrected chi connectivity index (χ3v) is 3.69. The van der Waals surface area contributed by atoms with Gasteiger partial charge in [-0.25, -0.2) is 4.68 Å². The Morgan fingerprint density at radius 1 is 1.19 bits per heavy atom. The van der Waals surface area contributed by atoms with Gasteiger partial charge in [-0.1, -0.05) is 0 Å². The van der Waals surface area contributed by atoms with E-state index in [9.17, 15) is 0 Å². The fourth-order valence-corrected chi connectivity index (χ4v) is 2.58. The van der Waals surface area contributed by atoms with E-state index in [1.54, 1.807) is 0 Å². The molecule has 2 rings (SSSR count). The lowest BCUT2D eigenvalue weighted by atomic mass is 10.1. The largest absolute Gasteiger partial charge is 0.494 e. The molecule has 0 aliphatic heterocycles. The minimum absolute atomic E-state index is 0.689. The number of aromatic nitrogens is 2. The molecule has 1 heterocycles. The summed E-state index contributed by atoms with van der Waals surface area (Å²) in [5.41, 5.74) is 4.79. The molecule has 0 fully saturated rings. The zero-order valence-electron chi connectivity index (χ0n) is 13.4. The van der Waals surface area contributed by atoms with Crippen molar-refractivity contribution < 1.29 is 4.74 Å². The van der Waals surface area contributed by atoms with Crippen molar-refractivity contribution in [3.63, 3.8) is 0 Å². The lowest BCUT2D eigenvalue weighted by Gasteiger charge is -2.07. The predicted molar refractivity (Wildman–Crippen MR) is 86.5 cm³/mol. The lowest BCUT2D eigenvalue weighted by Crippen LogP contribution is -2.09. The SMILES string of the molecule is CCOc1ccc(-n2nc(C)c(CCCNC)c2C)cc1. The van der Waals surface area contributed by atoms with E-state index in [0.29, 0.717) is 6.61 Å². The fourth-order valence-electron chi connectivity index (χ4n) is 2.58. The molecule has 2 aromatic rings. The highest BCUT2D eigenvalue weighted by molar-refractivity contribution is 5.40. The molecule has 4 nitrogen and oxygen atoms in total. The maximum absolute atomic E-state index is 5.48. The van der Waals surface area contributed by atoms with E-state index in [1.807, 2.05) is 30.8 Å². The Balaban J connectivity index is 2.21. The van der Waals surface area contributed by atoms with Gasteiger partial charge in [-0.3, -0.25) is 0 Å². The molecule has 1 aromatic heterocycles. The number of ether oxygens (including phenoxy) is 1. The van der Waals surface area contributed by atoms with Crippen LogP contribution in [0.1, 0.15) is 30.3 Å². The van der Waals surface area contributed by atoms with E-state index in [-0.39, 0.29) is 0 Å². The second-order valence-corrected chi connectivity index (χ2v) is 5.20. The standard InChI is InChI=1S/C17H25N3O/c1-5-21-16-10-8-15(9-11-16)20-14(3)17(13(2)19-20)7-6-12-18-4/h8-11,18H,5-7,12H2,1-4H3. The number of hydrogen-bond acceptors (Lipinski definition) is 3. The molecule has 21 heavy (non-hydrogen) atoms. The first-order chi connectivity index (χ1) is 10.2. The van der Waals surface area contributed by atoms with E-state index in [4.69, 9.17) is 9.84 Å². The Morgan fingerprint density at radius 3 is 2.52 bits per heavy atom. The summed E-state index contributed by atoms with van der Waals surface area (Å²) in [6, 6.07) is 8.11. The number of nitrogens with zero attached hydrogens (tertiary/aromatic N) is 2. The Bertz CT molecular complexity index is 572. The molecular weight excluding hydrogens is 262 g/mol. The van der Waals surface area contributed by atoms with Crippen LogP contribution >= 0.6 is 0 Å². The lowest BCUT2D eigenvalue weighted by molar-refractivity contribution is 0.340. The van der Waals surface area contributed by atoms with Gasteiger partial charge in [0.2, 0.25) is 0 Å². The van der Waals surface area contributed by atoms with Crippen LogP contribution in [0, 0.1) is 13.8 Å². The molecule has 0 aliphatic rings. The molecule has 1 N–H and O–H groups in total. The quantitative estimate of drug-likeness (QED) is 0.796. The zero-order valence-corrected chi connectivity index (χ0v) is 13.4. The Labute approximate surface area is 127 Å². The third-order valence-electron chi connectivity index (χ3n) is 3.69. The molecule has 0 aliphatic carbocycles. The van der Waals surface area contributed by atoms with Crippen LogP contribution in [0.2, 0.25) is 0 Å². The van der Waals surface area contributed by atoms with Crippen molar-refractivity contribution in [3.05, 3.63) is 41.2 Å². The number of nitrogens with one attached hydrogen (secondary N) is 1. The zero-order chi connectivity index (χ0) is 15.2. The van der Waals surface area contributed by atoms with Crippen LogP contribution in [0.4, 0.5) is 0 Å². The van der Waals surface area contributed by atoms with Crippen molar-refractivity contribution in [3.8, 4) is 11.4 Å². The van der Waals surface area contributed by atoms with Gasteiger partial charge in [0.25, 0.3) is 0 Å². The summed E-state index contributed by atoms with van der Waals surface area (Å²) < 4.78 is 7.51. The monoisotopic (exact) mass is 287 g/mol. The summed E-state index contributed by atoms with van der Waals surface area (Å²) in [7, 11) is 1.99. The molecule has 0 bridgehead atoms. The van der Waals surface area contributed by atoms with E-state index >= 15 is 0 Å². The maximum Gasteiger partial charge on any atom is 0.119 e. The first kappa shape index (κ1) is 15.6. The molecule has 0 unspecified atom stereocenters. The van der Waals surface area contributed by atoms with E-state index in [2.05, 4.69) is 31.3 Å². The summed E-state index contributed by atoms with van der Waals surface area (Å²) in [6.45, 7) is 7.95. The molecular formula is C17H25N3O. The molecule has 4 heteroatoms. The average molecular weight is 287 g/mol. The molecule has 0 radical (unpaired) electrons. The van der Waals surface area contributed by atoms with Gasteiger partial charge < -0.3 is 10.1 Å². The van der Waals surface area contributed by atoms with Crippen LogP contribution in [0.5, 0.6) is 5.75 Å². The molecule has 0 spiro atoms. The van der Waals surface area contributed by atoms with E-state index in [1.165, 1.54) is 11.3 Å². The first-order valence-corrected chi connectivity index (χ1v) is 7.60. The van der Waals surface area contributed by atoms with Gasteiger partial charge in [0, 0.05) is 5.69 Å². The summed E-state index contributed by atoms with van der Waals surface area (Å²) >= 11 is 0. The smallest absolute Gasteiger partial charge is 0.119 e. The van der Waals surface area contributed by atoms with Gasteiger partial charge in [-0.05, 0) is 77.0 Å². The van der Waals surface area contributed by atoms with Gasteiger partial charge in [0.1, 0.15) is 5.75 Å². The Morgan fingerprint density at radius 2 is 1.90 bits per heavy atom. The molecule has 114 valence electrons. The van der Waals surface area contributed by atoms with Crippen LogP contribution in [0.25, 0.3) is 5.69 Å². The van der Waals surface area contributed by atoms with Crippen molar-refractivity contribution in [1.29, 1.82) is 0 Å². The second kappa shape index (κ2) is 7.27. The van der Waals surface area contributed by atoms with Crippen molar-refractivity contribution in [1.82, 2.24) is 15.1 Å². The van der Waals surface area contributed by atoms with Crippen molar-refractivity contribution in [2.75, 3.05) is 20.2 Å². The van der Waals surface area contributed by atoms with Gasteiger partial charge in [-0.2, -0.15) is 5.10 Å². The van der Waals surface area contributed by atoms with Crippen molar-refractivity contribution in [2.45, 2.75) is 33.6 Å². The van der Waals surface area contributed by atoms with Crippen LogP contribution < -0.4 is 10.1 Å². The Kier molecular flexibility index (Phi) is 5.39. The number of aryl methyl sites for hydroxylation is 1. The maximum atomic E-state index is 5.48. The third kappa shape index (κ3) is 3.64. The topological polar surface area (TPSA) is 39.1 Å². The number of benzene rings is 1. The van der Waals surface area contributed by atoms with Gasteiger partial charge in [0.15, 0.2) is 0 Å². The number of hydrogen-bond donors (Lipinski definition) is 1. The highest BCUT2D eigenvalue weighted by Crippen LogP contribution is 2.21. The van der Waals surface area contributed by atoms with Crippen LogP contribution in [-0.4, -0.2) is 30.0 Å². The molecule has 0 atom stereocenters. The van der Waals surface area contributed by atoms with E-state index in [0.717, 1.165) is 36.5 Å². The summed E-state index contributed by atoms with van der Waals surface area (Å²) in [4.78, 5) is 0. The summed E-state index contributed by atoms with van der Waals surface area (Å²) in [6.07, 6.45) is 2.20. The summed E-state index contributed by atoms with van der Waals surface area (Å²) in [5, 5.41) is 7.88. The fraction of sp³-hybridized carbons (Fsp3) is 0.471. The van der Waals surface area contributed by atoms with Crippen LogP contribution in [0.15, 0.2) is 24.3 Å². The van der Waals surface area contributed by atoms with Gasteiger partial charge in [0.05, 0.1) is 18.0 Å². The number of rotatable bonds is 7. The van der Waals surface area contributed by atoms with E-state index < -0.39 is 0 Å². The van der Waals surface area contributed by atoms with Crippen LogP contribution in [0.3, 0.4) is 0 Å². The first-order valence-electron chi connectivity index (χ1n) is 7.60. The highest BCUT2D eigenvalue weighted by Gasteiger charge is 2.12.